The zero-order chi connectivity index (χ0) is 14.5. The molecule has 1 rings (SSSR count). The lowest BCUT2D eigenvalue weighted by molar-refractivity contribution is -0.138. The van der Waals surface area contributed by atoms with E-state index in [1.807, 2.05) is 0 Å². The second-order valence-corrected chi connectivity index (χ2v) is 3.88. The van der Waals surface area contributed by atoms with Gasteiger partial charge in [0.2, 0.25) is 0 Å². The summed E-state index contributed by atoms with van der Waals surface area (Å²) in [5.41, 5.74) is -0.0877. The van der Waals surface area contributed by atoms with E-state index in [1.54, 1.807) is 0 Å². The van der Waals surface area contributed by atoms with Crippen LogP contribution < -0.4 is 0 Å². The predicted molar refractivity (Wildman–Crippen MR) is 58.3 cm³/mol. The number of hydrogen-bond donors (Lipinski definition) is 1. The molecule has 7 heteroatoms. The smallest absolute Gasteiger partial charge is 0.389 e. The Morgan fingerprint density at radius 1 is 1.32 bits per heavy atom. The van der Waals surface area contributed by atoms with E-state index < -0.39 is 24.4 Å². The van der Waals surface area contributed by atoms with Crippen LogP contribution >= 0.6 is 0 Å². The fourth-order valence-electron chi connectivity index (χ4n) is 1.35. The first-order chi connectivity index (χ1) is 8.79. The number of hydrogen-bond acceptors (Lipinski definition) is 2. The molecule has 0 saturated carbocycles. The summed E-state index contributed by atoms with van der Waals surface area (Å²) < 4.78 is 53.8. The predicted octanol–water partition coefficient (Wildman–Crippen LogP) is 3.38. The molecular formula is C12H12F4O3. The summed E-state index contributed by atoms with van der Waals surface area (Å²) in [6.07, 6.45) is -5.37. The summed E-state index contributed by atoms with van der Waals surface area (Å²) >= 11 is 0. The van der Waals surface area contributed by atoms with Gasteiger partial charge < -0.3 is 9.84 Å². The first kappa shape index (κ1) is 15.4. The topological polar surface area (TPSA) is 46.5 Å². The van der Waals surface area contributed by atoms with E-state index in [-0.39, 0.29) is 30.8 Å². The summed E-state index contributed by atoms with van der Waals surface area (Å²) in [4.78, 5) is 10.6. The zero-order valence-corrected chi connectivity index (χ0v) is 9.84. The van der Waals surface area contributed by atoms with Crippen molar-refractivity contribution in [2.24, 2.45) is 0 Å². The maximum absolute atomic E-state index is 13.4. The van der Waals surface area contributed by atoms with Crippen molar-refractivity contribution < 1.29 is 32.2 Å². The van der Waals surface area contributed by atoms with E-state index in [0.29, 0.717) is 0 Å². The highest BCUT2D eigenvalue weighted by Gasteiger charge is 2.25. The third-order valence-electron chi connectivity index (χ3n) is 2.31. The van der Waals surface area contributed by atoms with Gasteiger partial charge in [0.15, 0.2) is 0 Å². The lowest BCUT2D eigenvalue weighted by Gasteiger charge is -2.08. The Morgan fingerprint density at radius 2 is 2.00 bits per heavy atom. The molecule has 0 heterocycles. The van der Waals surface area contributed by atoms with Crippen LogP contribution in [0.25, 0.3) is 0 Å². The van der Waals surface area contributed by atoms with Gasteiger partial charge in [-0.1, -0.05) is 6.07 Å². The number of ether oxygens (including phenoxy) is 1. The van der Waals surface area contributed by atoms with Gasteiger partial charge in [-0.05, 0) is 18.6 Å². The first-order valence-electron chi connectivity index (χ1n) is 5.46. The Bertz CT molecular complexity index is 443. The van der Waals surface area contributed by atoms with Crippen LogP contribution in [-0.4, -0.2) is 23.9 Å². The third-order valence-corrected chi connectivity index (χ3v) is 2.31. The van der Waals surface area contributed by atoms with Crippen molar-refractivity contribution in [1.82, 2.24) is 0 Å². The zero-order valence-electron chi connectivity index (χ0n) is 9.84. The van der Waals surface area contributed by atoms with Gasteiger partial charge in [0.05, 0.1) is 12.2 Å². The second kappa shape index (κ2) is 6.51. The van der Waals surface area contributed by atoms with Gasteiger partial charge in [0, 0.05) is 18.6 Å². The molecule has 0 amide bonds. The Hall–Kier alpha value is -1.63. The van der Waals surface area contributed by atoms with Crippen molar-refractivity contribution in [2.45, 2.75) is 25.6 Å². The van der Waals surface area contributed by atoms with Crippen LogP contribution in [0.5, 0.6) is 0 Å². The molecule has 0 bridgehead atoms. The van der Waals surface area contributed by atoms with Crippen molar-refractivity contribution in [3.63, 3.8) is 0 Å². The van der Waals surface area contributed by atoms with E-state index in [9.17, 15) is 22.4 Å². The Kier molecular flexibility index (Phi) is 5.29. The third kappa shape index (κ3) is 5.69. The van der Waals surface area contributed by atoms with Gasteiger partial charge in [0.1, 0.15) is 5.82 Å². The normalized spacial score (nSPS) is 11.6. The number of alkyl halides is 3. The average molecular weight is 280 g/mol. The molecule has 0 aliphatic carbocycles. The van der Waals surface area contributed by atoms with Gasteiger partial charge in [0.25, 0.3) is 0 Å². The Morgan fingerprint density at radius 3 is 2.53 bits per heavy atom. The molecule has 0 aliphatic heterocycles. The molecule has 106 valence electrons. The quantitative estimate of drug-likeness (QED) is 0.642. The molecule has 0 aliphatic rings. The highest BCUT2D eigenvalue weighted by Crippen LogP contribution is 2.21. The summed E-state index contributed by atoms with van der Waals surface area (Å²) in [5.74, 6) is -2.01. The molecule has 0 fully saturated rings. The van der Waals surface area contributed by atoms with Gasteiger partial charge in [-0.25, -0.2) is 9.18 Å². The minimum atomic E-state index is -4.22. The monoisotopic (exact) mass is 280 g/mol. The molecule has 0 atom stereocenters. The van der Waals surface area contributed by atoms with Crippen molar-refractivity contribution in [3.05, 3.63) is 35.1 Å². The number of halogens is 4. The van der Waals surface area contributed by atoms with Gasteiger partial charge in [-0.2, -0.15) is 13.2 Å². The van der Waals surface area contributed by atoms with Crippen LogP contribution in [0, 0.1) is 5.82 Å². The molecule has 0 saturated heterocycles. The number of carboxylic acids is 1. The summed E-state index contributed by atoms with van der Waals surface area (Å²) in [5, 5.41) is 8.62. The maximum atomic E-state index is 13.4. The average Bonchev–Trinajstić information content (AvgIpc) is 2.28. The summed E-state index contributed by atoms with van der Waals surface area (Å²) in [6.45, 7) is -0.330. The summed E-state index contributed by atoms with van der Waals surface area (Å²) in [6, 6.07) is 3.29. The van der Waals surface area contributed by atoms with Crippen LogP contribution in [-0.2, 0) is 11.3 Å². The number of benzene rings is 1. The fraction of sp³-hybridized carbons (Fsp3) is 0.417. The van der Waals surface area contributed by atoms with Crippen LogP contribution in [0.2, 0.25) is 0 Å². The van der Waals surface area contributed by atoms with Crippen molar-refractivity contribution in [1.29, 1.82) is 0 Å². The molecule has 1 aromatic rings. The minimum Gasteiger partial charge on any atom is -0.478 e. The van der Waals surface area contributed by atoms with Crippen LogP contribution in [0.15, 0.2) is 18.2 Å². The molecule has 0 aromatic heterocycles. The Balaban J connectivity index is 2.40. The molecule has 0 spiro atoms. The lowest BCUT2D eigenvalue weighted by Crippen LogP contribution is -2.09. The Labute approximate surface area is 106 Å². The largest absolute Gasteiger partial charge is 0.478 e. The molecule has 0 unspecified atom stereocenters. The van der Waals surface area contributed by atoms with Crippen molar-refractivity contribution >= 4 is 5.97 Å². The molecule has 1 aromatic carbocycles. The number of aromatic carboxylic acids is 1. The highest BCUT2D eigenvalue weighted by molar-refractivity contribution is 5.87. The van der Waals surface area contributed by atoms with Crippen molar-refractivity contribution in [3.8, 4) is 0 Å². The number of carboxylic acid groups (broad SMARTS) is 1. The van der Waals surface area contributed by atoms with E-state index in [4.69, 9.17) is 9.84 Å². The molecule has 1 N–H and O–H groups in total. The highest BCUT2D eigenvalue weighted by atomic mass is 19.4. The van der Waals surface area contributed by atoms with E-state index >= 15 is 0 Å². The fourth-order valence-corrected chi connectivity index (χ4v) is 1.35. The minimum absolute atomic E-state index is 0.108. The van der Waals surface area contributed by atoms with Crippen LogP contribution in [0.4, 0.5) is 17.6 Å². The SMILES string of the molecule is O=C(O)c1ccc(COCCCC(F)(F)F)c(F)c1. The number of carbonyl (C=O) groups is 1. The van der Waals surface area contributed by atoms with Crippen LogP contribution in [0.1, 0.15) is 28.8 Å². The van der Waals surface area contributed by atoms with Crippen molar-refractivity contribution in [2.75, 3.05) is 6.61 Å². The van der Waals surface area contributed by atoms with Gasteiger partial charge >= 0.3 is 12.1 Å². The molecular weight excluding hydrogens is 268 g/mol. The summed E-state index contributed by atoms with van der Waals surface area (Å²) in [7, 11) is 0. The lowest BCUT2D eigenvalue weighted by atomic mass is 10.1. The van der Waals surface area contributed by atoms with E-state index in [2.05, 4.69) is 0 Å². The molecule has 0 radical (unpaired) electrons. The first-order valence-corrected chi connectivity index (χ1v) is 5.46. The van der Waals surface area contributed by atoms with E-state index in [0.717, 1.165) is 6.07 Å². The second-order valence-electron chi connectivity index (χ2n) is 3.88. The van der Waals surface area contributed by atoms with Crippen LogP contribution in [0.3, 0.4) is 0 Å². The molecule has 19 heavy (non-hydrogen) atoms. The van der Waals surface area contributed by atoms with Gasteiger partial charge in [-0.3, -0.25) is 0 Å². The maximum Gasteiger partial charge on any atom is 0.389 e. The van der Waals surface area contributed by atoms with E-state index in [1.165, 1.54) is 12.1 Å². The van der Waals surface area contributed by atoms with Gasteiger partial charge in [-0.15, -0.1) is 0 Å². The number of rotatable bonds is 6. The standard InChI is InChI=1S/C12H12F4O3/c13-10-6-8(11(17)18)2-3-9(10)7-19-5-1-4-12(14,15)16/h2-3,6H,1,4-5,7H2,(H,17,18). The molecule has 3 nitrogen and oxygen atoms in total.